The lowest BCUT2D eigenvalue weighted by Gasteiger charge is -2.16. The van der Waals surface area contributed by atoms with Gasteiger partial charge in [-0.15, -0.1) is 0 Å². The number of rotatable bonds is 7. The lowest BCUT2D eigenvalue weighted by molar-refractivity contribution is -0.121. The fourth-order valence-electron chi connectivity index (χ4n) is 1.47. The Kier molecular flexibility index (Phi) is 5.69. The van der Waals surface area contributed by atoms with Gasteiger partial charge in [-0.05, 0) is 20.3 Å². The van der Waals surface area contributed by atoms with Crippen LogP contribution >= 0.6 is 0 Å². The minimum absolute atomic E-state index is 0.0526. The second-order valence-electron chi connectivity index (χ2n) is 4.42. The first kappa shape index (κ1) is 13.7. The Morgan fingerprint density at radius 1 is 1.41 bits per heavy atom. The zero-order valence-corrected chi connectivity index (χ0v) is 10.8. The lowest BCUT2D eigenvalue weighted by Crippen LogP contribution is -2.42. The number of nitrogens with zero attached hydrogens (tertiary/aromatic N) is 2. The van der Waals surface area contributed by atoms with Crippen LogP contribution in [0, 0.1) is 0 Å². The number of hydrogen-bond donors (Lipinski definition) is 2. The highest BCUT2D eigenvalue weighted by atomic mass is 16.1. The number of carbonyl (C=O) groups is 1. The van der Waals surface area contributed by atoms with E-state index >= 15 is 0 Å². The highest BCUT2D eigenvalue weighted by Crippen LogP contribution is 1.91. The van der Waals surface area contributed by atoms with Crippen molar-refractivity contribution < 1.29 is 4.79 Å². The highest BCUT2D eigenvalue weighted by Gasteiger charge is 2.07. The fourth-order valence-corrected chi connectivity index (χ4v) is 1.47. The smallest absolute Gasteiger partial charge is 0.234 e. The molecule has 5 heteroatoms. The van der Waals surface area contributed by atoms with Gasteiger partial charge in [-0.3, -0.25) is 4.79 Å². The van der Waals surface area contributed by atoms with E-state index in [1.807, 2.05) is 17.7 Å². The molecule has 0 aliphatic heterocycles. The average Bonchev–Trinajstić information content (AvgIpc) is 2.79. The van der Waals surface area contributed by atoms with Gasteiger partial charge in [0.15, 0.2) is 0 Å². The van der Waals surface area contributed by atoms with Crippen molar-refractivity contribution in [2.24, 2.45) is 0 Å². The summed E-state index contributed by atoms with van der Waals surface area (Å²) < 4.78 is 1.99. The normalized spacial score (nSPS) is 14.3. The molecule has 0 radical (unpaired) electrons. The molecule has 2 N–H and O–H groups in total. The lowest BCUT2D eigenvalue weighted by atomic mass is 10.2. The van der Waals surface area contributed by atoms with Gasteiger partial charge in [0.2, 0.25) is 5.91 Å². The first-order valence-electron chi connectivity index (χ1n) is 6.10. The Hall–Kier alpha value is -1.36. The number of nitrogens with one attached hydrogen (secondary N) is 2. The molecule has 17 heavy (non-hydrogen) atoms. The second kappa shape index (κ2) is 7.06. The molecule has 2 atom stereocenters. The molecule has 1 aromatic rings. The maximum absolute atomic E-state index is 11.5. The molecule has 0 bridgehead atoms. The zero-order valence-electron chi connectivity index (χ0n) is 10.8. The number of aromatic nitrogens is 2. The van der Waals surface area contributed by atoms with Crippen LogP contribution in [0.15, 0.2) is 18.7 Å². The molecule has 5 nitrogen and oxygen atoms in total. The molecular weight excluding hydrogens is 216 g/mol. The molecule has 0 saturated heterocycles. The van der Waals surface area contributed by atoms with Crippen LogP contribution in [0.4, 0.5) is 0 Å². The molecule has 96 valence electrons. The Morgan fingerprint density at radius 2 is 2.18 bits per heavy atom. The minimum atomic E-state index is 0.0526. The van der Waals surface area contributed by atoms with Gasteiger partial charge in [0.1, 0.15) is 0 Å². The van der Waals surface area contributed by atoms with E-state index in [9.17, 15) is 4.79 Å². The monoisotopic (exact) mass is 238 g/mol. The van der Waals surface area contributed by atoms with E-state index in [0.29, 0.717) is 6.54 Å². The Labute approximate surface area is 103 Å². The maximum Gasteiger partial charge on any atom is 0.234 e. The SMILES string of the molecule is CCC(C)NC(=O)CNC(C)Cn1ccnc1. The number of amides is 1. The maximum atomic E-state index is 11.5. The first-order valence-corrected chi connectivity index (χ1v) is 6.10. The van der Waals surface area contributed by atoms with Crippen molar-refractivity contribution in [1.82, 2.24) is 20.2 Å². The predicted octanol–water partition coefficient (Wildman–Crippen LogP) is 0.776. The van der Waals surface area contributed by atoms with Crippen molar-refractivity contribution in [3.8, 4) is 0 Å². The van der Waals surface area contributed by atoms with Gasteiger partial charge in [0.25, 0.3) is 0 Å². The van der Waals surface area contributed by atoms with Crippen LogP contribution in [0.5, 0.6) is 0 Å². The molecular formula is C12H22N4O. The summed E-state index contributed by atoms with van der Waals surface area (Å²) in [5, 5.41) is 6.11. The molecule has 0 aromatic carbocycles. The molecule has 1 aromatic heterocycles. The topological polar surface area (TPSA) is 59.0 Å². The third-order valence-corrected chi connectivity index (χ3v) is 2.67. The van der Waals surface area contributed by atoms with Gasteiger partial charge in [-0.1, -0.05) is 6.92 Å². The number of carbonyl (C=O) groups excluding carboxylic acids is 1. The van der Waals surface area contributed by atoms with Gasteiger partial charge in [-0.25, -0.2) is 4.98 Å². The Bertz CT molecular complexity index is 323. The van der Waals surface area contributed by atoms with Crippen LogP contribution < -0.4 is 10.6 Å². The second-order valence-corrected chi connectivity index (χ2v) is 4.42. The van der Waals surface area contributed by atoms with Crippen LogP contribution in [-0.2, 0) is 11.3 Å². The van der Waals surface area contributed by atoms with Crippen molar-refractivity contribution in [2.75, 3.05) is 6.54 Å². The fraction of sp³-hybridized carbons (Fsp3) is 0.667. The summed E-state index contributed by atoms with van der Waals surface area (Å²) in [5.41, 5.74) is 0. The summed E-state index contributed by atoms with van der Waals surface area (Å²) in [6, 6.07) is 0.486. The largest absolute Gasteiger partial charge is 0.353 e. The summed E-state index contributed by atoms with van der Waals surface area (Å²) in [5.74, 6) is 0.0526. The molecule has 1 heterocycles. The van der Waals surface area contributed by atoms with Crippen LogP contribution in [0.3, 0.4) is 0 Å². The highest BCUT2D eigenvalue weighted by molar-refractivity contribution is 5.78. The van der Waals surface area contributed by atoms with E-state index in [1.54, 1.807) is 12.5 Å². The van der Waals surface area contributed by atoms with Crippen molar-refractivity contribution in [3.05, 3.63) is 18.7 Å². The summed E-state index contributed by atoms with van der Waals surface area (Å²) in [6.45, 7) is 7.29. The number of hydrogen-bond acceptors (Lipinski definition) is 3. The van der Waals surface area contributed by atoms with Gasteiger partial charge < -0.3 is 15.2 Å². The quantitative estimate of drug-likeness (QED) is 0.738. The van der Waals surface area contributed by atoms with E-state index in [4.69, 9.17) is 0 Å². The molecule has 0 fully saturated rings. The molecule has 0 saturated carbocycles. The van der Waals surface area contributed by atoms with E-state index in [2.05, 4.69) is 29.5 Å². The third-order valence-electron chi connectivity index (χ3n) is 2.67. The van der Waals surface area contributed by atoms with Gasteiger partial charge in [0, 0.05) is 31.0 Å². The summed E-state index contributed by atoms with van der Waals surface area (Å²) in [6.07, 6.45) is 6.40. The average molecular weight is 238 g/mol. The molecule has 0 aliphatic carbocycles. The van der Waals surface area contributed by atoms with E-state index in [0.717, 1.165) is 13.0 Å². The van der Waals surface area contributed by atoms with Crippen molar-refractivity contribution >= 4 is 5.91 Å². The molecule has 2 unspecified atom stereocenters. The van der Waals surface area contributed by atoms with E-state index < -0.39 is 0 Å². The zero-order chi connectivity index (χ0) is 12.7. The Morgan fingerprint density at radius 3 is 2.76 bits per heavy atom. The van der Waals surface area contributed by atoms with Crippen LogP contribution in [0.1, 0.15) is 27.2 Å². The van der Waals surface area contributed by atoms with Crippen molar-refractivity contribution in [3.63, 3.8) is 0 Å². The molecule has 0 spiro atoms. The molecule has 1 rings (SSSR count). The summed E-state index contributed by atoms with van der Waals surface area (Å²) >= 11 is 0. The van der Waals surface area contributed by atoms with Crippen LogP contribution in [0.2, 0.25) is 0 Å². The Balaban J connectivity index is 2.19. The standard InChI is InChI=1S/C12H22N4O/c1-4-10(2)15-12(17)7-14-11(3)8-16-6-5-13-9-16/h5-6,9-11,14H,4,7-8H2,1-3H3,(H,15,17). The van der Waals surface area contributed by atoms with E-state index in [1.165, 1.54) is 0 Å². The van der Waals surface area contributed by atoms with Crippen LogP contribution in [-0.4, -0.2) is 34.1 Å². The third kappa shape index (κ3) is 5.49. The van der Waals surface area contributed by atoms with Gasteiger partial charge in [-0.2, -0.15) is 0 Å². The van der Waals surface area contributed by atoms with Gasteiger partial charge >= 0.3 is 0 Å². The van der Waals surface area contributed by atoms with Crippen molar-refractivity contribution in [1.29, 1.82) is 0 Å². The van der Waals surface area contributed by atoms with E-state index in [-0.39, 0.29) is 18.0 Å². The van der Waals surface area contributed by atoms with Gasteiger partial charge in [0.05, 0.1) is 12.9 Å². The molecule has 0 aliphatic rings. The predicted molar refractivity (Wildman–Crippen MR) is 67.6 cm³/mol. The first-order chi connectivity index (χ1) is 8.11. The summed E-state index contributed by atoms with van der Waals surface area (Å²) in [7, 11) is 0. The molecule has 1 amide bonds. The van der Waals surface area contributed by atoms with Crippen LogP contribution in [0.25, 0.3) is 0 Å². The number of imidazole rings is 1. The van der Waals surface area contributed by atoms with Crippen molar-refractivity contribution in [2.45, 2.75) is 45.8 Å². The minimum Gasteiger partial charge on any atom is -0.353 e. The summed E-state index contributed by atoms with van der Waals surface area (Å²) in [4.78, 5) is 15.5.